The van der Waals surface area contributed by atoms with Gasteiger partial charge in [-0.2, -0.15) is 0 Å². The van der Waals surface area contributed by atoms with E-state index in [-0.39, 0.29) is 5.84 Å². The smallest absolute Gasteiger partial charge is 0.0923 e. The number of para-hydroxylation sites is 1. The lowest BCUT2D eigenvalue weighted by Gasteiger charge is -2.24. The first kappa shape index (κ1) is 13.5. The van der Waals surface area contributed by atoms with Crippen LogP contribution in [0.25, 0.3) is 0 Å². The third-order valence-corrected chi connectivity index (χ3v) is 2.55. The van der Waals surface area contributed by atoms with Crippen LogP contribution in [0.15, 0.2) is 30.3 Å². The molecule has 17 heavy (non-hydrogen) atoms. The van der Waals surface area contributed by atoms with Crippen LogP contribution < -0.4 is 10.6 Å². The number of amidine groups is 1. The minimum absolute atomic E-state index is 0.234. The Balaban J connectivity index is 2.55. The van der Waals surface area contributed by atoms with Crippen molar-refractivity contribution in [3.63, 3.8) is 0 Å². The summed E-state index contributed by atoms with van der Waals surface area (Å²) in [6, 6.07) is 10.2. The Kier molecular flexibility index (Phi) is 6.10. The van der Waals surface area contributed by atoms with Gasteiger partial charge in [-0.25, -0.2) is 0 Å². The van der Waals surface area contributed by atoms with Gasteiger partial charge in [0, 0.05) is 38.9 Å². The summed E-state index contributed by atoms with van der Waals surface area (Å²) >= 11 is 0. The molecule has 0 saturated heterocycles. The lowest BCUT2D eigenvalue weighted by atomic mass is 10.2. The molecule has 1 rings (SSSR count). The number of nitrogens with zero attached hydrogens (tertiary/aromatic N) is 1. The maximum absolute atomic E-state index is 7.29. The molecule has 0 heterocycles. The van der Waals surface area contributed by atoms with E-state index in [1.807, 2.05) is 18.2 Å². The highest BCUT2D eigenvalue weighted by molar-refractivity contribution is 5.77. The lowest BCUT2D eigenvalue weighted by Crippen LogP contribution is -2.29. The monoisotopic (exact) mass is 235 g/mol. The van der Waals surface area contributed by atoms with Crippen LogP contribution in [0.2, 0.25) is 0 Å². The second-order valence-electron chi connectivity index (χ2n) is 3.94. The second kappa shape index (κ2) is 7.68. The Labute approximate surface area is 103 Å². The predicted molar refractivity (Wildman–Crippen MR) is 71.7 cm³/mol. The van der Waals surface area contributed by atoms with Crippen molar-refractivity contribution in [3.8, 4) is 0 Å². The van der Waals surface area contributed by atoms with Crippen molar-refractivity contribution in [3.05, 3.63) is 30.3 Å². The van der Waals surface area contributed by atoms with Crippen LogP contribution in [0, 0.1) is 5.41 Å². The van der Waals surface area contributed by atoms with Gasteiger partial charge in [0.2, 0.25) is 0 Å². The van der Waals surface area contributed by atoms with Crippen LogP contribution in [0.5, 0.6) is 0 Å². The van der Waals surface area contributed by atoms with E-state index in [0.717, 1.165) is 26.1 Å². The Hall–Kier alpha value is -1.55. The number of hydrogen-bond donors (Lipinski definition) is 2. The van der Waals surface area contributed by atoms with Gasteiger partial charge in [-0.05, 0) is 18.6 Å². The molecule has 1 aromatic rings. The summed E-state index contributed by atoms with van der Waals surface area (Å²) in [5.74, 6) is 0.234. The van der Waals surface area contributed by atoms with E-state index in [1.54, 1.807) is 7.11 Å². The lowest BCUT2D eigenvalue weighted by molar-refractivity contribution is 0.196. The minimum atomic E-state index is 0.234. The number of ether oxygens (including phenoxy) is 1. The summed E-state index contributed by atoms with van der Waals surface area (Å²) in [5.41, 5.74) is 6.58. The van der Waals surface area contributed by atoms with Crippen molar-refractivity contribution in [2.75, 3.05) is 31.7 Å². The molecule has 0 bridgehead atoms. The highest BCUT2D eigenvalue weighted by Gasteiger charge is 2.06. The SMILES string of the molecule is COCCCN(CCC(=N)N)c1ccccc1. The van der Waals surface area contributed by atoms with E-state index in [4.69, 9.17) is 15.9 Å². The van der Waals surface area contributed by atoms with Gasteiger partial charge in [0.25, 0.3) is 0 Å². The standard InChI is InChI=1S/C13H21N3O/c1-17-11-5-9-16(10-8-13(14)15)12-6-3-2-4-7-12/h2-4,6-7H,5,8-11H2,1H3,(H3,14,15). The number of methoxy groups -OCH3 is 1. The van der Waals surface area contributed by atoms with Gasteiger partial charge >= 0.3 is 0 Å². The summed E-state index contributed by atoms with van der Waals surface area (Å²) in [6.45, 7) is 2.46. The largest absolute Gasteiger partial charge is 0.388 e. The summed E-state index contributed by atoms with van der Waals surface area (Å²) in [5, 5.41) is 7.29. The number of anilines is 1. The molecule has 94 valence electrons. The van der Waals surface area contributed by atoms with Gasteiger partial charge in [0.1, 0.15) is 0 Å². The fourth-order valence-electron chi connectivity index (χ4n) is 1.66. The molecule has 0 saturated carbocycles. The van der Waals surface area contributed by atoms with Crippen molar-refractivity contribution >= 4 is 11.5 Å². The minimum Gasteiger partial charge on any atom is -0.388 e. The average molecular weight is 235 g/mol. The maximum atomic E-state index is 7.29. The van der Waals surface area contributed by atoms with Gasteiger partial charge in [-0.1, -0.05) is 18.2 Å². The van der Waals surface area contributed by atoms with E-state index >= 15 is 0 Å². The summed E-state index contributed by atoms with van der Waals surface area (Å²) < 4.78 is 5.06. The van der Waals surface area contributed by atoms with Crippen LogP contribution in [0.3, 0.4) is 0 Å². The Bertz CT molecular complexity index is 327. The second-order valence-corrected chi connectivity index (χ2v) is 3.94. The van der Waals surface area contributed by atoms with E-state index in [2.05, 4.69) is 17.0 Å². The van der Waals surface area contributed by atoms with E-state index < -0.39 is 0 Å². The summed E-state index contributed by atoms with van der Waals surface area (Å²) in [4.78, 5) is 2.24. The molecule has 0 amide bonds. The van der Waals surface area contributed by atoms with Gasteiger partial charge in [-0.3, -0.25) is 5.41 Å². The first-order valence-corrected chi connectivity index (χ1v) is 5.86. The van der Waals surface area contributed by atoms with Crippen LogP contribution in [0.4, 0.5) is 5.69 Å². The normalized spacial score (nSPS) is 10.2. The van der Waals surface area contributed by atoms with Crippen molar-refractivity contribution < 1.29 is 4.74 Å². The first-order valence-electron chi connectivity index (χ1n) is 5.86. The summed E-state index contributed by atoms with van der Waals surface area (Å²) in [6.07, 6.45) is 1.57. The molecule has 0 spiro atoms. The number of nitrogens with one attached hydrogen (secondary N) is 1. The molecule has 0 aliphatic rings. The molecule has 0 radical (unpaired) electrons. The molecule has 0 atom stereocenters. The fraction of sp³-hybridized carbons (Fsp3) is 0.462. The molecule has 0 aliphatic carbocycles. The Morgan fingerprint density at radius 2 is 2.00 bits per heavy atom. The first-order chi connectivity index (χ1) is 8.24. The van der Waals surface area contributed by atoms with E-state index in [1.165, 1.54) is 5.69 Å². The third kappa shape index (κ3) is 5.36. The predicted octanol–water partition coefficient (Wildman–Crippen LogP) is 1.86. The highest BCUT2D eigenvalue weighted by atomic mass is 16.5. The van der Waals surface area contributed by atoms with Crippen molar-refractivity contribution in [2.24, 2.45) is 5.73 Å². The Morgan fingerprint density at radius 3 is 2.59 bits per heavy atom. The van der Waals surface area contributed by atoms with Gasteiger partial charge in [0.15, 0.2) is 0 Å². The Morgan fingerprint density at radius 1 is 1.29 bits per heavy atom. The number of rotatable bonds is 8. The molecule has 0 aliphatic heterocycles. The zero-order valence-electron chi connectivity index (χ0n) is 10.4. The number of nitrogens with two attached hydrogens (primary N) is 1. The van der Waals surface area contributed by atoms with Gasteiger partial charge < -0.3 is 15.4 Å². The van der Waals surface area contributed by atoms with E-state index in [0.29, 0.717) is 6.42 Å². The molecule has 4 heteroatoms. The zero-order chi connectivity index (χ0) is 12.5. The van der Waals surface area contributed by atoms with Gasteiger partial charge in [-0.15, -0.1) is 0 Å². The van der Waals surface area contributed by atoms with E-state index in [9.17, 15) is 0 Å². The highest BCUT2D eigenvalue weighted by Crippen LogP contribution is 2.13. The molecule has 0 unspecified atom stereocenters. The van der Waals surface area contributed by atoms with Crippen molar-refractivity contribution in [1.29, 1.82) is 5.41 Å². The van der Waals surface area contributed by atoms with Crippen molar-refractivity contribution in [1.82, 2.24) is 0 Å². The summed E-state index contributed by atoms with van der Waals surface area (Å²) in [7, 11) is 1.71. The molecule has 0 aromatic heterocycles. The molecule has 4 nitrogen and oxygen atoms in total. The van der Waals surface area contributed by atoms with Crippen LogP contribution >= 0.6 is 0 Å². The number of hydrogen-bond acceptors (Lipinski definition) is 3. The van der Waals surface area contributed by atoms with Crippen LogP contribution in [-0.2, 0) is 4.74 Å². The van der Waals surface area contributed by atoms with Crippen LogP contribution in [-0.4, -0.2) is 32.6 Å². The van der Waals surface area contributed by atoms with Crippen LogP contribution in [0.1, 0.15) is 12.8 Å². The molecule has 0 fully saturated rings. The number of benzene rings is 1. The average Bonchev–Trinajstić information content (AvgIpc) is 2.34. The molecule has 1 aromatic carbocycles. The third-order valence-electron chi connectivity index (χ3n) is 2.55. The molecular formula is C13H21N3O. The zero-order valence-corrected chi connectivity index (χ0v) is 10.4. The topological polar surface area (TPSA) is 62.3 Å². The maximum Gasteiger partial charge on any atom is 0.0923 e. The quantitative estimate of drug-likeness (QED) is 0.410. The molecular weight excluding hydrogens is 214 g/mol. The molecule has 3 N–H and O–H groups in total. The fourth-order valence-corrected chi connectivity index (χ4v) is 1.66. The van der Waals surface area contributed by atoms with Crippen molar-refractivity contribution in [2.45, 2.75) is 12.8 Å². The van der Waals surface area contributed by atoms with Gasteiger partial charge in [0.05, 0.1) is 5.84 Å².